The minimum absolute atomic E-state index is 0.0278. The molecule has 2 aromatic carbocycles. The Morgan fingerprint density at radius 2 is 1.87 bits per heavy atom. The first-order valence-electron chi connectivity index (χ1n) is 8.48. The number of sulfonamides is 1. The molecule has 3 rings (SSSR count). The first kappa shape index (κ1) is 21.6. The summed E-state index contributed by atoms with van der Waals surface area (Å²) in [7, 11) is -3.76. The van der Waals surface area contributed by atoms with Crippen LogP contribution in [-0.4, -0.2) is 25.9 Å². The van der Waals surface area contributed by atoms with Gasteiger partial charge >= 0.3 is 0 Å². The minimum Gasteiger partial charge on any atom is -0.298 e. The Balaban J connectivity index is 1.77. The highest BCUT2D eigenvalue weighted by atomic mass is 32.2. The van der Waals surface area contributed by atoms with Gasteiger partial charge in [-0.2, -0.15) is 4.72 Å². The van der Waals surface area contributed by atoms with Crippen LogP contribution in [0.4, 0.5) is 13.9 Å². The molecule has 0 saturated heterocycles. The van der Waals surface area contributed by atoms with E-state index in [1.54, 1.807) is 6.92 Å². The summed E-state index contributed by atoms with van der Waals surface area (Å²) < 4.78 is 52.9. The lowest BCUT2D eigenvalue weighted by molar-refractivity contribution is 0.102. The summed E-state index contributed by atoms with van der Waals surface area (Å²) in [5, 5.41) is 2.88. The van der Waals surface area contributed by atoms with E-state index < -0.39 is 27.6 Å². The fourth-order valence-corrected chi connectivity index (χ4v) is 4.30. The lowest BCUT2D eigenvalue weighted by atomic mass is 10.1. The summed E-state index contributed by atoms with van der Waals surface area (Å²) in [6.07, 6.45) is 5.04. The lowest BCUT2D eigenvalue weighted by Crippen LogP contribution is -2.24. The number of halogens is 2. The van der Waals surface area contributed by atoms with Gasteiger partial charge in [0.15, 0.2) is 16.8 Å². The van der Waals surface area contributed by atoms with Gasteiger partial charge < -0.3 is 0 Å². The third kappa shape index (κ3) is 4.71. The third-order valence-electron chi connectivity index (χ3n) is 4.00. The van der Waals surface area contributed by atoms with Gasteiger partial charge in [0, 0.05) is 16.0 Å². The number of aromatic nitrogens is 1. The van der Waals surface area contributed by atoms with Gasteiger partial charge in [0.2, 0.25) is 10.0 Å². The SMILES string of the molecule is C#CCNS(=O)(=O)c1ccc(C(=O)Nc2nc(-c3ccc(F)c(F)c3)c(C)s2)cc1. The predicted molar refractivity (Wildman–Crippen MR) is 111 cm³/mol. The van der Waals surface area contributed by atoms with Crippen molar-refractivity contribution in [3.8, 4) is 23.6 Å². The molecule has 0 aliphatic carbocycles. The van der Waals surface area contributed by atoms with Crippen molar-refractivity contribution in [1.82, 2.24) is 9.71 Å². The van der Waals surface area contributed by atoms with Crippen LogP contribution in [0, 0.1) is 30.9 Å². The minimum atomic E-state index is -3.76. The van der Waals surface area contributed by atoms with E-state index in [-0.39, 0.29) is 22.1 Å². The zero-order valence-electron chi connectivity index (χ0n) is 15.6. The van der Waals surface area contributed by atoms with Gasteiger partial charge in [-0.25, -0.2) is 22.2 Å². The number of thiazole rings is 1. The highest BCUT2D eigenvalue weighted by molar-refractivity contribution is 7.89. The predicted octanol–water partition coefficient (Wildman–Crippen LogP) is 3.56. The molecule has 1 heterocycles. The van der Waals surface area contributed by atoms with E-state index in [0.29, 0.717) is 16.1 Å². The molecule has 0 bridgehead atoms. The molecule has 1 amide bonds. The van der Waals surface area contributed by atoms with Crippen LogP contribution in [0.3, 0.4) is 0 Å². The Morgan fingerprint density at radius 1 is 1.17 bits per heavy atom. The highest BCUT2D eigenvalue weighted by Crippen LogP contribution is 2.31. The quantitative estimate of drug-likeness (QED) is 0.566. The van der Waals surface area contributed by atoms with Gasteiger partial charge in [-0.05, 0) is 49.4 Å². The molecular formula is C20H15F2N3O3S2. The van der Waals surface area contributed by atoms with Crippen molar-refractivity contribution < 1.29 is 22.0 Å². The number of carbonyl (C=O) groups excluding carboxylic acids is 1. The molecule has 0 aliphatic heterocycles. The zero-order chi connectivity index (χ0) is 21.9. The van der Waals surface area contributed by atoms with Gasteiger partial charge in [-0.1, -0.05) is 5.92 Å². The molecule has 0 saturated carbocycles. The summed E-state index contributed by atoms with van der Waals surface area (Å²) >= 11 is 1.17. The molecule has 3 aromatic rings. The molecule has 0 radical (unpaired) electrons. The fraction of sp³-hybridized carbons (Fsp3) is 0.100. The molecule has 30 heavy (non-hydrogen) atoms. The van der Waals surface area contributed by atoms with Crippen LogP contribution in [0.25, 0.3) is 11.3 Å². The molecule has 154 valence electrons. The number of rotatable bonds is 6. The standard InChI is InChI=1S/C20H15F2N3O3S2/c1-3-10-23-30(27,28)15-7-4-13(5-8-15)19(26)25-20-24-18(12(2)29-20)14-6-9-16(21)17(22)11-14/h1,4-9,11,23H,10H2,2H3,(H,24,25,26). The van der Waals surface area contributed by atoms with Gasteiger partial charge in [0.1, 0.15) is 0 Å². The lowest BCUT2D eigenvalue weighted by Gasteiger charge is -2.06. The van der Waals surface area contributed by atoms with Crippen LogP contribution in [-0.2, 0) is 10.0 Å². The number of hydrogen-bond acceptors (Lipinski definition) is 5. The third-order valence-corrected chi connectivity index (χ3v) is 6.30. The molecule has 0 atom stereocenters. The van der Waals surface area contributed by atoms with E-state index >= 15 is 0 Å². The molecule has 1 aromatic heterocycles. The maximum Gasteiger partial charge on any atom is 0.257 e. The molecule has 0 aliphatic rings. The molecular weight excluding hydrogens is 432 g/mol. The number of aryl methyl sites for hydroxylation is 1. The Bertz CT molecular complexity index is 1250. The monoisotopic (exact) mass is 447 g/mol. The summed E-state index contributed by atoms with van der Waals surface area (Å²) in [6.45, 7) is 1.60. The van der Waals surface area contributed by atoms with Crippen molar-refractivity contribution >= 4 is 32.4 Å². The van der Waals surface area contributed by atoms with Crippen molar-refractivity contribution in [3.63, 3.8) is 0 Å². The first-order chi connectivity index (χ1) is 14.2. The van der Waals surface area contributed by atoms with E-state index in [1.165, 1.54) is 41.7 Å². The second-order valence-corrected chi connectivity index (χ2v) is 9.03. The molecule has 10 heteroatoms. The molecule has 6 nitrogen and oxygen atoms in total. The number of anilines is 1. The van der Waals surface area contributed by atoms with E-state index in [1.807, 2.05) is 0 Å². The van der Waals surface area contributed by atoms with Crippen molar-refractivity contribution in [2.75, 3.05) is 11.9 Å². The van der Waals surface area contributed by atoms with Gasteiger partial charge in [-0.15, -0.1) is 17.8 Å². The van der Waals surface area contributed by atoms with Crippen molar-refractivity contribution in [3.05, 3.63) is 64.5 Å². The van der Waals surface area contributed by atoms with Gasteiger partial charge in [0.05, 0.1) is 17.1 Å². The van der Waals surface area contributed by atoms with Crippen LogP contribution in [0.5, 0.6) is 0 Å². The van der Waals surface area contributed by atoms with Crippen LogP contribution in [0.2, 0.25) is 0 Å². The van der Waals surface area contributed by atoms with E-state index in [9.17, 15) is 22.0 Å². The maximum absolute atomic E-state index is 13.5. The zero-order valence-corrected chi connectivity index (χ0v) is 17.2. The van der Waals surface area contributed by atoms with Crippen LogP contribution in [0.15, 0.2) is 47.4 Å². The number of amides is 1. The number of nitrogens with one attached hydrogen (secondary N) is 2. The average Bonchev–Trinajstić information content (AvgIpc) is 3.08. The van der Waals surface area contributed by atoms with E-state index in [4.69, 9.17) is 6.42 Å². The van der Waals surface area contributed by atoms with Crippen LogP contribution in [0.1, 0.15) is 15.2 Å². The molecule has 0 spiro atoms. The maximum atomic E-state index is 13.5. The van der Waals surface area contributed by atoms with Crippen molar-refractivity contribution in [2.45, 2.75) is 11.8 Å². The Hall–Kier alpha value is -3.13. The number of nitrogens with zero attached hydrogens (tertiary/aromatic N) is 1. The summed E-state index contributed by atoms with van der Waals surface area (Å²) in [6, 6.07) is 8.74. The van der Waals surface area contributed by atoms with Gasteiger partial charge in [0.25, 0.3) is 5.91 Å². The topological polar surface area (TPSA) is 88.2 Å². The van der Waals surface area contributed by atoms with Gasteiger partial charge in [-0.3, -0.25) is 10.1 Å². The first-order valence-corrected chi connectivity index (χ1v) is 10.8. The average molecular weight is 447 g/mol. The Kier molecular flexibility index (Phi) is 6.26. The highest BCUT2D eigenvalue weighted by Gasteiger charge is 2.17. The fourth-order valence-electron chi connectivity index (χ4n) is 2.54. The van der Waals surface area contributed by atoms with E-state index in [2.05, 4.69) is 20.9 Å². The number of hydrogen-bond donors (Lipinski definition) is 2. The smallest absolute Gasteiger partial charge is 0.257 e. The normalized spacial score (nSPS) is 11.1. The summed E-state index contributed by atoms with van der Waals surface area (Å²) in [4.78, 5) is 17.4. The van der Waals surface area contributed by atoms with Crippen molar-refractivity contribution in [2.24, 2.45) is 0 Å². The number of carbonyl (C=O) groups is 1. The molecule has 2 N–H and O–H groups in total. The Labute approximate surface area is 176 Å². The largest absolute Gasteiger partial charge is 0.298 e. The van der Waals surface area contributed by atoms with Crippen LogP contribution >= 0.6 is 11.3 Å². The molecule has 0 unspecified atom stereocenters. The summed E-state index contributed by atoms with van der Waals surface area (Å²) in [5.74, 6) is -0.271. The number of benzene rings is 2. The van der Waals surface area contributed by atoms with Crippen LogP contribution < -0.4 is 10.0 Å². The Morgan fingerprint density at radius 3 is 2.50 bits per heavy atom. The van der Waals surface area contributed by atoms with E-state index in [0.717, 1.165) is 12.1 Å². The van der Waals surface area contributed by atoms with Crippen molar-refractivity contribution in [1.29, 1.82) is 0 Å². The second kappa shape index (κ2) is 8.71. The second-order valence-electron chi connectivity index (χ2n) is 6.06. The summed E-state index contributed by atoms with van der Waals surface area (Å²) in [5.41, 5.74) is 1.03. The molecule has 0 fully saturated rings. The number of terminal acetylenes is 1.